The van der Waals surface area contributed by atoms with Crippen molar-refractivity contribution in [2.75, 3.05) is 5.32 Å². The second-order valence-corrected chi connectivity index (χ2v) is 9.71. The van der Waals surface area contributed by atoms with Crippen LogP contribution < -0.4 is 15.8 Å². The average Bonchev–Trinajstić information content (AvgIpc) is 2.79. The summed E-state index contributed by atoms with van der Waals surface area (Å²) in [5.41, 5.74) is 8.05. The van der Waals surface area contributed by atoms with Crippen LogP contribution in [0.25, 0.3) is 22.3 Å². The number of nitrogens with two attached hydrogens (primary N) is 1. The van der Waals surface area contributed by atoms with Crippen molar-refractivity contribution in [1.82, 2.24) is 15.0 Å². The summed E-state index contributed by atoms with van der Waals surface area (Å²) in [7, 11) is 10.6. The summed E-state index contributed by atoms with van der Waals surface area (Å²) in [5.74, 6) is 1.24. The van der Waals surface area contributed by atoms with Gasteiger partial charge in [-0.1, -0.05) is 17.2 Å². The normalized spacial score (nSPS) is 11.8. The van der Waals surface area contributed by atoms with Gasteiger partial charge in [-0.15, -0.1) is 0 Å². The molecule has 0 aliphatic heterocycles. The zero-order valence-electron chi connectivity index (χ0n) is 20.1. The third-order valence-corrected chi connectivity index (χ3v) is 6.21. The largest absolute Gasteiger partial charge is 0.507 e. The first-order valence-corrected chi connectivity index (χ1v) is 11.1. The second kappa shape index (κ2) is 8.93. The number of pyridine rings is 1. The fourth-order valence-corrected chi connectivity index (χ4v) is 3.27. The molecule has 2 aromatic heterocycles. The lowest BCUT2D eigenvalue weighted by Gasteiger charge is -2.40. The molecule has 2 aromatic carbocycles. The van der Waals surface area contributed by atoms with Gasteiger partial charge in [0.1, 0.15) is 27.3 Å². The summed E-state index contributed by atoms with van der Waals surface area (Å²) < 4.78 is 6.39. The van der Waals surface area contributed by atoms with Gasteiger partial charge in [0.05, 0.1) is 40.3 Å². The molecule has 0 aliphatic carbocycles. The number of carbonyl (C=O) groups excluding carboxylic acids is 1. The van der Waals surface area contributed by atoms with Crippen LogP contribution in [0.2, 0.25) is 5.11 Å². The Hall–Kier alpha value is -3.68. The predicted molar refractivity (Wildman–Crippen MR) is 150 cm³/mol. The van der Waals surface area contributed by atoms with Gasteiger partial charge in [0.25, 0.3) is 5.91 Å². The molecule has 3 N–H and O–H groups in total. The number of rotatable bonds is 7. The van der Waals surface area contributed by atoms with Crippen molar-refractivity contribution in [2.45, 2.75) is 10.5 Å². The van der Waals surface area contributed by atoms with Crippen molar-refractivity contribution < 1.29 is 9.53 Å². The van der Waals surface area contributed by atoms with Crippen LogP contribution in [0, 0.1) is 0 Å². The fraction of sp³-hybridized carbons (Fsp3) is 0.0909. The zero-order valence-corrected chi connectivity index (χ0v) is 20.1. The lowest BCUT2D eigenvalue weighted by molar-refractivity contribution is 0.100. The third kappa shape index (κ3) is 4.81. The summed E-state index contributed by atoms with van der Waals surface area (Å²) in [6.45, 7) is 0. The summed E-state index contributed by atoms with van der Waals surface area (Å²) in [4.78, 5) is 25.7. The highest BCUT2D eigenvalue weighted by molar-refractivity contribution is 6.66. The number of ether oxygens (including phenoxy) is 1. The first kappa shape index (κ1) is 23.5. The van der Waals surface area contributed by atoms with E-state index < -0.39 is 11.3 Å². The number of para-hydroxylation sites is 1. The number of benzene rings is 2. The van der Waals surface area contributed by atoms with Crippen LogP contribution in [0.1, 0.15) is 10.4 Å². The lowest BCUT2D eigenvalue weighted by atomic mass is 9.28. The molecule has 0 bridgehead atoms. The van der Waals surface area contributed by atoms with Crippen LogP contribution in [0.15, 0.2) is 67.0 Å². The van der Waals surface area contributed by atoms with Crippen molar-refractivity contribution in [3.63, 3.8) is 0 Å². The van der Waals surface area contributed by atoms with Gasteiger partial charge >= 0.3 is 0 Å². The number of fused-ring (bicyclic) bond motifs is 1. The van der Waals surface area contributed by atoms with E-state index in [1.54, 1.807) is 30.6 Å². The number of aromatic nitrogens is 3. The Kier molecular flexibility index (Phi) is 6.17. The molecule has 164 valence electrons. The highest BCUT2D eigenvalue weighted by atomic mass is 16.5. The molecule has 4 rings (SSSR count). The van der Waals surface area contributed by atoms with Gasteiger partial charge in [-0.25, -0.2) is 9.97 Å². The molecule has 0 aliphatic rings. The topological polar surface area (TPSA) is 103 Å². The average molecular weight is 445 g/mol. The van der Waals surface area contributed by atoms with Crippen LogP contribution in [-0.4, -0.2) is 65.5 Å². The van der Waals surface area contributed by atoms with Gasteiger partial charge in [-0.3, -0.25) is 9.78 Å². The lowest BCUT2D eigenvalue weighted by Crippen LogP contribution is -2.50. The molecule has 0 radical (unpaired) electrons. The number of hydrogen-bond acceptors (Lipinski definition) is 6. The monoisotopic (exact) mass is 445 g/mol. The molecule has 0 atom stereocenters. The quantitative estimate of drug-likeness (QED) is 0.348. The van der Waals surface area contributed by atoms with Gasteiger partial charge in [0.2, 0.25) is 0 Å². The van der Waals surface area contributed by atoms with E-state index in [0.29, 0.717) is 28.6 Å². The number of anilines is 2. The molecule has 0 fully saturated rings. The van der Waals surface area contributed by atoms with Gasteiger partial charge in [0.15, 0.2) is 5.82 Å². The number of primary amides is 1. The van der Waals surface area contributed by atoms with Gasteiger partial charge in [-0.05, 0) is 42.5 Å². The first-order chi connectivity index (χ1) is 16.0. The molecule has 2 heterocycles. The summed E-state index contributed by atoms with van der Waals surface area (Å²) in [5, 5.41) is 3.57. The number of hydrogen-bond donors (Lipinski definition) is 2. The molecular weight excluding hydrogens is 420 g/mol. The Morgan fingerprint density at radius 3 is 2.41 bits per heavy atom. The van der Waals surface area contributed by atoms with Crippen LogP contribution in [0.3, 0.4) is 0 Å². The minimum atomic E-state index is -0.523. The molecule has 0 saturated heterocycles. The maximum atomic E-state index is 12.0. The van der Waals surface area contributed by atoms with E-state index in [2.05, 4.69) is 49.5 Å². The number of nitrogens with one attached hydrogen (secondary N) is 1. The van der Waals surface area contributed by atoms with Crippen molar-refractivity contribution in [3.05, 3.63) is 72.6 Å². The Bertz CT molecular complexity index is 1360. The van der Waals surface area contributed by atoms with Crippen molar-refractivity contribution in [1.29, 1.82) is 0 Å². The Morgan fingerprint density at radius 2 is 1.74 bits per heavy atom. The maximum Gasteiger partial charge on any atom is 0.250 e. The molecule has 7 nitrogen and oxygen atoms in total. The Balaban J connectivity index is 1.86. The van der Waals surface area contributed by atoms with Crippen LogP contribution in [-0.2, 0) is 0 Å². The minimum absolute atomic E-state index is 0.0792. The van der Waals surface area contributed by atoms with Crippen molar-refractivity contribution >= 4 is 67.5 Å². The van der Waals surface area contributed by atoms with E-state index in [1.807, 2.05) is 36.4 Å². The van der Waals surface area contributed by atoms with E-state index in [1.165, 1.54) is 0 Å². The summed E-state index contributed by atoms with van der Waals surface area (Å²) in [6.07, 6.45) is 3.42. The minimum Gasteiger partial charge on any atom is -0.507 e. The summed E-state index contributed by atoms with van der Waals surface area (Å²) >= 11 is 0. The highest BCUT2D eigenvalue weighted by Crippen LogP contribution is 2.34. The fourth-order valence-electron chi connectivity index (χ4n) is 3.27. The van der Waals surface area contributed by atoms with Crippen LogP contribution in [0.5, 0.6) is 5.75 Å². The number of carbonyl (C=O) groups is 1. The number of amides is 1. The number of nitrogens with zero attached hydrogens (tertiary/aromatic N) is 3. The first-order valence-electron chi connectivity index (χ1n) is 11.1. The standard InChI is InChI=1S/C22H24B5N5O2/c23-21(24,25)22(26,27)34-13-7-8-17-15(10-13)20(31-16-6-2-1-5-14(16)18(28)33)32-19(30-17)12-4-3-9-29-11-12/h1-11H,23-27H2,(H2,28,33)(H,30,31,32). The summed E-state index contributed by atoms with van der Waals surface area (Å²) in [6, 6.07) is 16.6. The van der Waals surface area contributed by atoms with E-state index in [4.69, 9.17) is 20.4 Å². The highest BCUT2D eigenvalue weighted by Gasteiger charge is 2.34. The molecular formula is C22H24B5N5O2. The van der Waals surface area contributed by atoms with Gasteiger partial charge < -0.3 is 15.8 Å². The molecule has 1 amide bonds. The molecule has 0 saturated carbocycles. The van der Waals surface area contributed by atoms with E-state index in [0.717, 1.165) is 16.5 Å². The zero-order chi connectivity index (χ0) is 24.5. The SMILES string of the molecule is BC(B)(B)C(B)(B)Oc1ccc2nc(-c3cccnc3)nc(Nc3ccccc3C(N)=O)c2c1. The van der Waals surface area contributed by atoms with Gasteiger partial charge in [-0.2, -0.15) is 0 Å². The van der Waals surface area contributed by atoms with E-state index in [-0.39, 0.29) is 5.11 Å². The van der Waals surface area contributed by atoms with Crippen LogP contribution >= 0.6 is 0 Å². The molecule has 34 heavy (non-hydrogen) atoms. The third-order valence-electron chi connectivity index (χ3n) is 6.21. The van der Waals surface area contributed by atoms with E-state index >= 15 is 0 Å². The molecule has 4 aromatic rings. The smallest absolute Gasteiger partial charge is 0.250 e. The van der Waals surface area contributed by atoms with Crippen LogP contribution in [0.4, 0.5) is 11.5 Å². The second-order valence-electron chi connectivity index (χ2n) is 9.71. The molecule has 0 unspecified atom stereocenters. The molecule has 0 spiro atoms. The Labute approximate surface area is 203 Å². The molecule has 12 heteroatoms. The van der Waals surface area contributed by atoms with Crippen molar-refractivity contribution in [2.24, 2.45) is 5.73 Å². The maximum absolute atomic E-state index is 12.0. The predicted octanol–water partition coefficient (Wildman–Crippen LogP) is -1.19. The Morgan fingerprint density at radius 1 is 0.971 bits per heavy atom. The van der Waals surface area contributed by atoms with E-state index in [9.17, 15) is 4.79 Å². The van der Waals surface area contributed by atoms with Crippen molar-refractivity contribution in [3.8, 4) is 17.1 Å². The van der Waals surface area contributed by atoms with Gasteiger partial charge in [0, 0.05) is 28.7 Å².